The Morgan fingerprint density at radius 2 is 1.76 bits per heavy atom. The summed E-state index contributed by atoms with van der Waals surface area (Å²) in [5.74, 6) is 0.175. The number of carbonyl (C=O) groups excluding carboxylic acids is 2. The van der Waals surface area contributed by atoms with E-state index in [0.717, 1.165) is 0 Å². The summed E-state index contributed by atoms with van der Waals surface area (Å²) in [6.07, 6.45) is 0.607. The molecule has 21 heavy (non-hydrogen) atoms. The fourth-order valence-corrected chi connectivity index (χ4v) is 2.52. The molecule has 0 bridgehead atoms. The average molecular weight is 293 g/mol. The van der Waals surface area contributed by atoms with Crippen LogP contribution in [0.2, 0.25) is 0 Å². The van der Waals surface area contributed by atoms with Gasteiger partial charge in [0.2, 0.25) is 0 Å². The zero-order chi connectivity index (χ0) is 15.4. The number of ether oxygens (including phenoxy) is 3. The normalized spacial score (nSPS) is 17.5. The standard InChI is InChI=1S/C15H19NO5/c1-19-11-5-4-6-12(20-2)13(11)14(17)16-8-7-10(9-16)15(18)21-3/h4-6,10H,7-9H2,1-3H3. The van der Waals surface area contributed by atoms with Crippen LogP contribution in [0.1, 0.15) is 16.8 Å². The van der Waals surface area contributed by atoms with Crippen molar-refractivity contribution in [3.63, 3.8) is 0 Å². The van der Waals surface area contributed by atoms with Crippen molar-refractivity contribution in [2.45, 2.75) is 6.42 Å². The van der Waals surface area contributed by atoms with Gasteiger partial charge in [0.1, 0.15) is 17.1 Å². The van der Waals surface area contributed by atoms with Gasteiger partial charge in [0, 0.05) is 13.1 Å². The molecule has 1 aliphatic heterocycles. The van der Waals surface area contributed by atoms with Gasteiger partial charge in [-0.05, 0) is 18.6 Å². The van der Waals surface area contributed by atoms with Gasteiger partial charge in [0.25, 0.3) is 5.91 Å². The van der Waals surface area contributed by atoms with E-state index in [4.69, 9.17) is 14.2 Å². The van der Waals surface area contributed by atoms with Crippen molar-refractivity contribution in [3.05, 3.63) is 23.8 Å². The molecular weight excluding hydrogens is 274 g/mol. The Labute approximate surface area is 123 Å². The van der Waals surface area contributed by atoms with E-state index < -0.39 is 0 Å². The SMILES string of the molecule is COC(=O)C1CCN(C(=O)c2c(OC)cccc2OC)C1. The van der Waals surface area contributed by atoms with Crippen molar-refractivity contribution in [3.8, 4) is 11.5 Å². The van der Waals surface area contributed by atoms with Crippen molar-refractivity contribution < 1.29 is 23.8 Å². The number of hydrogen-bond acceptors (Lipinski definition) is 5. The number of benzene rings is 1. The molecule has 2 rings (SSSR count). The molecule has 0 saturated carbocycles. The zero-order valence-electron chi connectivity index (χ0n) is 12.4. The number of methoxy groups -OCH3 is 3. The fourth-order valence-electron chi connectivity index (χ4n) is 2.52. The van der Waals surface area contributed by atoms with Crippen LogP contribution in [0.5, 0.6) is 11.5 Å². The number of hydrogen-bond donors (Lipinski definition) is 0. The largest absolute Gasteiger partial charge is 0.496 e. The first kappa shape index (κ1) is 15.2. The molecule has 1 aromatic rings. The minimum Gasteiger partial charge on any atom is -0.496 e. The van der Waals surface area contributed by atoms with Crippen LogP contribution in [0, 0.1) is 5.92 Å². The summed E-state index contributed by atoms with van der Waals surface area (Å²) < 4.78 is 15.2. The van der Waals surface area contributed by atoms with Crippen LogP contribution in [-0.4, -0.2) is 51.2 Å². The third kappa shape index (κ3) is 2.94. The minimum absolute atomic E-state index is 0.198. The number of likely N-dealkylation sites (tertiary alicyclic amines) is 1. The van der Waals surface area contributed by atoms with Crippen molar-refractivity contribution in [2.75, 3.05) is 34.4 Å². The van der Waals surface area contributed by atoms with Crippen LogP contribution in [-0.2, 0) is 9.53 Å². The molecule has 1 amide bonds. The van der Waals surface area contributed by atoms with Crippen LogP contribution in [0.3, 0.4) is 0 Å². The Morgan fingerprint density at radius 1 is 1.14 bits per heavy atom. The van der Waals surface area contributed by atoms with Gasteiger partial charge in [-0.25, -0.2) is 0 Å². The third-order valence-corrected chi connectivity index (χ3v) is 3.65. The summed E-state index contributed by atoms with van der Waals surface area (Å²) >= 11 is 0. The Kier molecular flexibility index (Phi) is 4.67. The summed E-state index contributed by atoms with van der Waals surface area (Å²) in [6.45, 7) is 0.868. The Hall–Kier alpha value is -2.24. The van der Waals surface area contributed by atoms with Gasteiger partial charge in [0.15, 0.2) is 0 Å². The lowest BCUT2D eigenvalue weighted by molar-refractivity contribution is -0.144. The molecular formula is C15H19NO5. The van der Waals surface area contributed by atoms with E-state index >= 15 is 0 Å². The van der Waals surface area contributed by atoms with Gasteiger partial charge in [-0.15, -0.1) is 0 Å². The molecule has 6 nitrogen and oxygen atoms in total. The van der Waals surface area contributed by atoms with Crippen LogP contribution in [0.4, 0.5) is 0 Å². The van der Waals surface area contributed by atoms with Gasteiger partial charge in [0.05, 0.1) is 27.2 Å². The number of nitrogens with zero attached hydrogens (tertiary/aromatic N) is 1. The predicted molar refractivity (Wildman–Crippen MR) is 75.6 cm³/mol. The molecule has 0 aliphatic carbocycles. The van der Waals surface area contributed by atoms with E-state index in [1.807, 2.05) is 0 Å². The average Bonchev–Trinajstić information content (AvgIpc) is 3.02. The van der Waals surface area contributed by atoms with E-state index in [0.29, 0.717) is 36.6 Å². The molecule has 0 aromatic heterocycles. The summed E-state index contributed by atoms with van der Waals surface area (Å²) in [4.78, 5) is 25.9. The van der Waals surface area contributed by atoms with Crippen LogP contribution in [0.15, 0.2) is 18.2 Å². The lowest BCUT2D eigenvalue weighted by Gasteiger charge is -2.19. The summed E-state index contributed by atoms with van der Waals surface area (Å²) in [5.41, 5.74) is 0.382. The molecule has 0 spiro atoms. The van der Waals surface area contributed by atoms with Crippen molar-refractivity contribution in [1.29, 1.82) is 0 Å². The molecule has 6 heteroatoms. The molecule has 114 valence electrons. The van der Waals surface area contributed by atoms with Crippen LogP contribution < -0.4 is 9.47 Å². The van der Waals surface area contributed by atoms with E-state index in [1.165, 1.54) is 21.3 Å². The maximum absolute atomic E-state index is 12.7. The monoisotopic (exact) mass is 293 g/mol. The van der Waals surface area contributed by atoms with Crippen LogP contribution >= 0.6 is 0 Å². The van der Waals surface area contributed by atoms with Gasteiger partial charge in [-0.3, -0.25) is 9.59 Å². The molecule has 1 saturated heterocycles. The molecule has 0 N–H and O–H groups in total. The van der Waals surface area contributed by atoms with E-state index in [1.54, 1.807) is 23.1 Å². The van der Waals surface area contributed by atoms with Crippen molar-refractivity contribution in [1.82, 2.24) is 4.90 Å². The molecule has 1 atom stereocenters. The van der Waals surface area contributed by atoms with Gasteiger partial charge < -0.3 is 19.1 Å². The number of carbonyl (C=O) groups is 2. The number of esters is 1. The first-order valence-electron chi connectivity index (χ1n) is 6.70. The first-order chi connectivity index (χ1) is 10.1. The van der Waals surface area contributed by atoms with E-state index in [9.17, 15) is 9.59 Å². The van der Waals surface area contributed by atoms with Crippen LogP contribution in [0.25, 0.3) is 0 Å². The Balaban J connectivity index is 2.23. The lowest BCUT2D eigenvalue weighted by Crippen LogP contribution is -2.30. The lowest BCUT2D eigenvalue weighted by atomic mass is 10.1. The maximum atomic E-state index is 12.7. The van der Waals surface area contributed by atoms with E-state index in [2.05, 4.69) is 0 Å². The predicted octanol–water partition coefficient (Wildman–Crippen LogP) is 1.34. The molecule has 1 fully saturated rings. The Morgan fingerprint density at radius 3 is 2.29 bits per heavy atom. The van der Waals surface area contributed by atoms with Gasteiger partial charge >= 0.3 is 5.97 Å². The second kappa shape index (κ2) is 6.47. The van der Waals surface area contributed by atoms with Crippen molar-refractivity contribution >= 4 is 11.9 Å². The highest BCUT2D eigenvalue weighted by Gasteiger charge is 2.34. The van der Waals surface area contributed by atoms with E-state index in [-0.39, 0.29) is 17.8 Å². The molecule has 1 heterocycles. The fraction of sp³-hybridized carbons (Fsp3) is 0.467. The van der Waals surface area contributed by atoms with Gasteiger partial charge in [-0.1, -0.05) is 6.07 Å². The summed E-state index contributed by atoms with van der Waals surface area (Å²) in [7, 11) is 4.37. The zero-order valence-corrected chi connectivity index (χ0v) is 12.4. The molecule has 1 aliphatic rings. The maximum Gasteiger partial charge on any atom is 0.310 e. The smallest absolute Gasteiger partial charge is 0.310 e. The highest BCUT2D eigenvalue weighted by atomic mass is 16.5. The number of rotatable bonds is 4. The van der Waals surface area contributed by atoms with Crippen molar-refractivity contribution in [2.24, 2.45) is 5.92 Å². The molecule has 0 radical (unpaired) electrons. The molecule has 1 unspecified atom stereocenters. The molecule has 1 aromatic carbocycles. The minimum atomic E-state index is -0.280. The Bertz CT molecular complexity index is 521. The third-order valence-electron chi connectivity index (χ3n) is 3.65. The second-order valence-corrected chi connectivity index (χ2v) is 4.80. The highest BCUT2D eigenvalue weighted by Crippen LogP contribution is 2.31. The second-order valence-electron chi connectivity index (χ2n) is 4.80. The summed E-state index contributed by atoms with van der Waals surface area (Å²) in [6, 6.07) is 5.18. The van der Waals surface area contributed by atoms with Gasteiger partial charge in [-0.2, -0.15) is 0 Å². The highest BCUT2D eigenvalue weighted by molar-refractivity contribution is 6.00. The first-order valence-corrected chi connectivity index (χ1v) is 6.70. The topological polar surface area (TPSA) is 65.1 Å². The number of amides is 1. The summed E-state index contributed by atoms with van der Waals surface area (Å²) in [5, 5.41) is 0. The quantitative estimate of drug-likeness (QED) is 0.784.